The summed E-state index contributed by atoms with van der Waals surface area (Å²) < 4.78 is 1.43. The molecular formula is C14H11Cl2N3O. The van der Waals surface area contributed by atoms with Crippen LogP contribution < -0.4 is 5.56 Å². The fourth-order valence-electron chi connectivity index (χ4n) is 2.26. The Morgan fingerprint density at radius 2 is 1.90 bits per heavy atom. The van der Waals surface area contributed by atoms with E-state index in [9.17, 15) is 4.79 Å². The first-order valence-electron chi connectivity index (χ1n) is 6.02. The maximum absolute atomic E-state index is 12.0. The molecule has 0 atom stereocenters. The molecule has 0 spiro atoms. The Hall–Kier alpha value is -1.78. The van der Waals surface area contributed by atoms with Gasteiger partial charge in [0.25, 0.3) is 5.56 Å². The minimum atomic E-state index is -0.137. The smallest absolute Gasteiger partial charge is 0.272 e. The van der Waals surface area contributed by atoms with Crippen molar-refractivity contribution in [2.45, 2.75) is 13.8 Å². The molecule has 3 aromatic rings. The Kier molecular flexibility index (Phi) is 3.07. The first-order valence-corrected chi connectivity index (χ1v) is 6.77. The van der Waals surface area contributed by atoms with Crippen molar-refractivity contribution in [3.05, 3.63) is 56.1 Å². The zero-order chi connectivity index (χ0) is 14.4. The number of benzene rings is 1. The number of hydrogen-bond acceptors (Lipinski definition) is 2. The molecule has 3 rings (SSSR count). The number of aromatic amines is 1. The molecule has 20 heavy (non-hydrogen) atoms. The fraction of sp³-hybridized carbons (Fsp3) is 0.143. The summed E-state index contributed by atoms with van der Waals surface area (Å²) in [5.74, 6) is 0. The van der Waals surface area contributed by atoms with Gasteiger partial charge in [-0.2, -0.15) is 0 Å². The summed E-state index contributed by atoms with van der Waals surface area (Å²) in [6, 6.07) is 6.85. The van der Waals surface area contributed by atoms with Gasteiger partial charge in [-0.25, -0.2) is 9.50 Å². The predicted octanol–water partition coefficient (Wildman–Crippen LogP) is 3.61. The third-order valence-corrected chi connectivity index (χ3v) is 3.87. The van der Waals surface area contributed by atoms with Crippen LogP contribution in [0.2, 0.25) is 10.0 Å². The number of aromatic nitrogens is 3. The van der Waals surface area contributed by atoms with Gasteiger partial charge in [0.1, 0.15) is 0 Å². The fourth-order valence-corrected chi connectivity index (χ4v) is 2.56. The van der Waals surface area contributed by atoms with Crippen LogP contribution in [0.5, 0.6) is 0 Å². The van der Waals surface area contributed by atoms with E-state index in [2.05, 4.69) is 10.1 Å². The lowest BCUT2D eigenvalue weighted by molar-refractivity contribution is 0.873. The van der Waals surface area contributed by atoms with E-state index in [1.54, 1.807) is 19.1 Å². The third-order valence-electron chi connectivity index (χ3n) is 3.13. The van der Waals surface area contributed by atoms with Crippen molar-refractivity contribution in [2.24, 2.45) is 0 Å². The lowest BCUT2D eigenvalue weighted by atomic mass is 10.1. The lowest BCUT2D eigenvalue weighted by Crippen LogP contribution is -2.14. The predicted molar refractivity (Wildman–Crippen MR) is 80.7 cm³/mol. The molecule has 6 heteroatoms. The number of fused-ring (bicyclic) bond motifs is 1. The van der Waals surface area contributed by atoms with Crippen molar-refractivity contribution in [1.82, 2.24) is 14.6 Å². The second-order valence-electron chi connectivity index (χ2n) is 4.64. The van der Waals surface area contributed by atoms with Crippen LogP contribution in [0.15, 0.2) is 29.1 Å². The van der Waals surface area contributed by atoms with Gasteiger partial charge in [0.15, 0.2) is 5.65 Å². The molecule has 2 aromatic heterocycles. The van der Waals surface area contributed by atoms with Crippen molar-refractivity contribution in [3.63, 3.8) is 0 Å². The summed E-state index contributed by atoms with van der Waals surface area (Å²) in [5.41, 5.74) is 3.69. The topological polar surface area (TPSA) is 50.2 Å². The average Bonchev–Trinajstić information content (AvgIpc) is 2.70. The Labute approximate surface area is 125 Å². The Bertz CT molecular complexity index is 880. The van der Waals surface area contributed by atoms with Crippen LogP contribution in [0.1, 0.15) is 11.4 Å². The van der Waals surface area contributed by atoms with Crippen LogP contribution in [0, 0.1) is 13.8 Å². The number of nitrogens with zero attached hydrogens (tertiary/aromatic N) is 2. The van der Waals surface area contributed by atoms with E-state index in [4.69, 9.17) is 23.2 Å². The minimum absolute atomic E-state index is 0.137. The van der Waals surface area contributed by atoms with Crippen LogP contribution in [0.25, 0.3) is 16.8 Å². The summed E-state index contributed by atoms with van der Waals surface area (Å²) in [6.45, 7) is 3.68. The normalized spacial score (nSPS) is 11.2. The second-order valence-corrected chi connectivity index (χ2v) is 5.45. The molecular weight excluding hydrogens is 297 g/mol. The molecule has 0 radical (unpaired) electrons. The Balaban J connectivity index is 2.38. The number of halogens is 2. The second kappa shape index (κ2) is 4.65. The standard InChI is InChI=1S/C14H11Cl2N3O/c1-7-5-12(20)19-14(17-7)13(8(2)18-19)9-3-4-10(15)11(16)6-9/h3-6,18H,1-2H3. The van der Waals surface area contributed by atoms with Gasteiger partial charge in [0.2, 0.25) is 0 Å². The molecule has 0 aliphatic carbocycles. The van der Waals surface area contributed by atoms with Crippen molar-refractivity contribution >= 4 is 28.8 Å². The highest BCUT2D eigenvalue weighted by atomic mass is 35.5. The Morgan fingerprint density at radius 1 is 1.15 bits per heavy atom. The minimum Gasteiger partial charge on any atom is -0.293 e. The van der Waals surface area contributed by atoms with Gasteiger partial charge >= 0.3 is 0 Å². The maximum atomic E-state index is 12.0. The summed E-state index contributed by atoms with van der Waals surface area (Å²) in [5, 5.41) is 3.99. The number of H-pyrrole nitrogens is 1. The van der Waals surface area contributed by atoms with E-state index < -0.39 is 0 Å². The zero-order valence-electron chi connectivity index (χ0n) is 10.9. The van der Waals surface area contributed by atoms with E-state index in [-0.39, 0.29) is 5.56 Å². The van der Waals surface area contributed by atoms with Gasteiger partial charge in [-0.15, -0.1) is 0 Å². The number of nitrogens with one attached hydrogen (secondary N) is 1. The van der Waals surface area contributed by atoms with Crippen molar-refractivity contribution in [1.29, 1.82) is 0 Å². The molecule has 1 aromatic carbocycles. The zero-order valence-corrected chi connectivity index (χ0v) is 12.4. The van der Waals surface area contributed by atoms with Crippen LogP contribution in [-0.2, 0) is 0 Å². The van der Waals surface area contributed by atoms with Gasteiger partial charge in [0, 0.05) is 23.0 Å². The molecule has 0 amide bonds. The third kappa shape index (κ3) is 2.01. The molecule has 0 bridgehead atoms. The highest BCUT2D eigenvalue weighted by molar-refractivity contribution is 6.42. The largest absolute Gasteiger partial charge is 0.293 e. The lowest BCUT2D eigenvalue weighted by Gasteiger charge is -2.03. The molecule has 0 aliphatic heterocycles. The van der Waals surface area contributed by atoms with Crippen LogP contribution in [-0.4, -0.2) is 14.6 Å². The molecule has 0 saturated carbocycles. The summed E-state index contributed by atoms with van der Waals surface area (Å²) >= 11 is 12.0. The van der Waals surface area contributed by atoms with Crippen molar-refractivity contribution in [3.8, 4) is 11.1 Å². The molecule has 102 valence electrons. The SMILES string of the molecule is Cc1cc(=O)n2[nH]c(C)c(-c3ccc(Cl)c(Cl)c3)c2n1. The maximum Gasteiger partial charge on any atom is 0.272 e. The van der Waals surface area contributed by atoms with Crippen molar-refractivity contribution in [2.75, 3.05) is 0 Å². The monoisotopic (exact) mass is 307 g/mol. The van der Waals surface area contributed by atoms with Gasteiger partial charge in [-0.1, -0.05) is 29.3 Å². The first kappa shape index (κ1) is 13.2. The number of hydrogen-bond donors (Lipinski definition) is 1. The first-order chi connectivity index (χ1) is 9.47. The molecule has 0 aliphatic rings. The molecule has 0 saturated heterocycles. The van der Waals surface area contributed by atoms with Gasteiger partial charge in [-0.3, -0.25) is 9.89 Å². The highest BCUT2D eigenvalue weighted by Gasteiger charge is 2.14. The van der Waals surface area contributed by atoms with Gasteiger partial charge in [0.05, 0.1) is 10.0 Å². The van der Waals surface area contributed by atoms with E-state index in [1.807, 2.05) is 13.0 Å². The quantitative estimate of drug-likeness (QED) is 0.746. The van der Waals surface area contributed by atoms with Crippen LogP contribution in [0.3, 0.4) is 0 Å². The van der Waals surface area contributed by atoms with Crippen LogP contribution >= 0.6 is 23.2 Å². The van der Waals surface area contributed by atoms with Crippen LogP contribution in [0.4, 0.5) is 0 Å². The Morgan fingerprint density at radius 3 is 2.60 bits per heavy atom. The molecule has 0 fully saturated rings. The number of rotatable bonds is 1. The van der Waals surface area contributed by atoms with E-state index in [1.165, 1.54) is 10.6 Å². The van der Waals surface area contributed by atoms with Gasteiger partial charge in [-0.05, 0) is 31.5 Å². The summed E-state index contributed by atoms with van der Waals surface area (Å²) in [4.78, 5) is 16.4. The van der Waals surface area contributed by atoms with E-state index in [0.717, 1.165) is 16.8 Å². The van der Waals surface area contributed by atoms with Gasteiger partial charge < -0.3 is 0 Å². The molecule has 0 unspecified atom stereocenters. The summed E-state index contributed by atoms with van der Waals surface area (Å²) in [6.07, 6.45) is 0. The molecule has 2 heterocycles. The van der Waals surface area contributed by atoms with Crippen molar-refractivity contribution < 1.29 is 0 Å². The van der Waals surface area contributed by atoms with E-state index in [0.29, 0.717) is 21.4 Å². The highest BCUT2D eigenvalue weighted by Crippen LogP contribution is 2.31. The average molecular weight is 308 g/mol. The van der Waals surface area contributed by atoms with E-state index >= 15 is 0 Å². The molecule has 1 N–H and O–H groups in total. The molecule has 4 nitrogen and oxygen atoms in total. The number of aryl methyl sites for hydroxylation is 2. The summed E-state index contributed by atoms with van der Waals surface area (Å²) in [7, 11) is 0.